The van der Waals surface area contributed by atoms with Gasteiger partial charge in [-0.15, -0.1) is 0 Å². The van der Waals surface area contributed by atoms with E-state index in [4.69, 9.17) is 4.52 Å². The number of hydrogen-bond acceptors (Lipinski definition) is 5. The molecule has 30 heavy (non-hydrogen) atoms. The van der Waals surface area contributed by atoms with Gasteiger partial charge in [0.05, 0.1) is 11.4 Å². The molecular formula is C22H25N3O4S. The number of rotatable bonds is 8. The molecule has 0 bridgehead atoms. The number of nitrogens with zero attached hydrogens (tertiary/aromatic N) is 2. The van der Waals surface area contributed by atoms with E-state index in [2.05, 4.69) is 10.5 Å². The maximum Gasteiger partial charge on any atom is 0.251 e. The Hall–Kier alpha value is -2.97. The van der Waals surface area contributed by atoms with Gasteiger partial charge in [0.15, 0.2) is 5.76 Å². The summed E-state index contributed by atoms with van der Waals surface area (Å²) in [6.07, 6.45) is 0. The van der Waals surface area contributed by atoms with Gasteiger partial charge in [0.25, 0.3) is 5.91 Å². The van der Waals surface area contributed by atoms with Crippen LogP contribution in [0.25, 0.3) is 11.3 Å². The molecule has 0 atom stereocenters. The first-order chi connectivity index (χ1) is 14.3. The van der Waals surface area contributed by atoms with Gasteiger partial charge in [-0.25, -0.2) is 8.42 Å². The molecule has 7 nitrogen and oxygen atoms in total. The van der Waals surface area contributed by atoms with E-state index in [-0.39, 0.29) is 17.3 Å². The lowest BCUT2D eigenvalue weighted by molar-refractivity contribution is 0.0950. The maximum atomic E-state index is 12.5. The number of aromatic nitrogens is 1. The molecule has 3 aromatic rings. The van der Waals surface area contributed by atoms with Crippen molar-refractivity contribution in [2.75, 3.05) is 13.1 Å². The lowest BCUT2D eigenvalue weighted by atomic mass is 10.1. The van der Waals surface area contributed by atoms with Gasteiger partial charge in [-0.1, -0.05) is 48.8 Å². The molecule has 0 aliphatic rings. The third kappa shape index (κ3) is 4.77. The topological polar surface area (TPSA) is 92.5 Å². The van der Waals surface area contributed by atoms with Crippen molar-refractivity contribution in [3.05, 3.63) is 71.4 Å². The predicted octanol–water partition coefficient (Wildman–Crippen LogP) is 3.61. The van der Waals surface area contributed by atoms with E-state index in [1.54, 1.807) is 19.9 Å². The number of carbonyl (C=O) groups excluding carboxylic acids is 1. The van der Waals surface area contributed by atoms with Crippen molar-refractivity contribution >= 4 is 15.9 Å². The van der Waals surface area contributed by atoms with Gasteiger partial charge < -0.3 is 9.84 Å². The molecule has 2 aromatic carbocycles. The Bertz CT molecular complexity index is 1100. The summed E-state index contributed by atoms with van der Waals surface area (Å²) < 4.78 is 31.8. The van der Waals surface area contributed by atoms with E-state index in [0.717, 1.165) is 11.1 Å². The Labute approximate surface area is 176 Å². The Morgan fingerprint density at radius 1 is 1.03 bits per heavy atom. The van der Waals surface area contributed by atoms with Crippen LogP contribution in [-0.4, -0.2) is 36.9 Å². The molecule has 0 fully saturated rings. The summed E-state index contributed by atoms with van der Waals surface area (Å²) in [5.41, 5.74) is 3.03. The number of sulfonamides is 1. The molecule has 8 heteroatoms. The summed E-state index contributed by atoms with van der Waals surface area (Å²) in [5.74, 6) is 0.312. The number of carbonyl (C=O) groups is 1. The summed E-state index contributed by atoms with van der Waals surface area (Å²) in [6.45, 7) is 6.57. The molecule has 0 aliphatic heterocycles. The standard InChI is InChI=1S/C22H25N3O4S/c1-4-25(5-2)30(27,28)20-12-10-18(11-13-20)22(26)23-15-19-14-21(29-24-19)17-8-6-16(3)7-9-17/h6-14H,4-5,15H2,1-3H3,(H,23,26). The molecule has 0 radical (unpaired) electrons. The SMILES string of the molecule is CCN(CC)S(=O)(=O)c1ccc(C(=O)NCc2cc(-c3ccc(C)cc3)on2)cc1. The molecule has 1 aromatic heterocycles. The first-order valence-electron chi connectivity index (χ1n) is 9.76. The zero-order valence-corrected chi connectivity index (χ0v) is 18.1. The average molecular weight is 428 g/mol. The molecule has 0 saturated carbocycles. The van der Waals surface area contributed by atoms with E-state index < -0.39 is 10.0 Å². The Kier molecular flexibility index (Phi) is 6.69. The fourth-order valence-corrected chi connectivity index (χ4v) is 4.47. The zero-order valence-electron chi connectivity index (χ0n) is 17.3. The smallest absolute Gasteiger partial charge is 0.251 e. The van der Waals surface area contributed by atoms with Crippen molar-refractivity contribution < 1.29 is 17.7 Å². The number of aryl methyl sites for hydroxylation is 1. The number of hydrogen-bond donors (Lipinski definition) is 1. The highest BCUT2D eigenvalue weighted by atomic mass is 32.2. The van der Waals surface area contributed by atoms with Crippen LogP contribution in [-0.2, 0) is 16.6 Å². The van der Waals surface area contributed by atoms with Gasteiger partial charge in [-0.05, 0) is 31.2 Å². The van der Waals surface area contributed by atoms with Crippen LogP contribution in [0.15, 0.2) is 64.0 Å². The second kappa shape index (κ2) is 9.23. The van der Waals surface area contributed by atoms with Gasteiger partial charge in [0.1, 0.15) is 5.69 Å². The van der Waals surface area contributed by atoms with Crippen LogP contribution in [0.4, 0.5) is 0 Å². The fraction of sp³-hybridized carbons (Fsp3) is 0.273. The van der Waals surface area contributed by atoms with E-state index in [1.165, 1.54) is 28.6 Å². The van der Waals surface area contributed by atoms with Gasteiger partial charge in [0.2, 0.25) is 10.0 Å². The second-order valence-electron chi connectivity index (χ2n) is 6.84. The van der Waals surface area contributed by atoms with Crippen molar-refractivity contribution in [1.29, 1.82) is 0 Å². The summed E-state index contributed by atoms with van der Waals surface area (Å²) in [5, 5.41) is 6.76. The zero-order chi connectivity index (χ0) is 21.7. The van der Waals surface area contributed by atoms with Gasteiger partial charge in [0, 0.05) is 30.3 Å². The summed E-state index contributed by atoms with van der Waals surface area (Å²) in [4.78, 5) is 12.6. The lowest BCUT2D eigenvalue weighted by Gasteiger charge is -2.18. The van der Waals surface area contributed by atoms with Crippen molar-refractivity contribution in [2.24, 2.45) is 0 Å². The quantitative estimate of drug-likeness (QED) is 0.593. The lowest BCUT2D eigenvalue weighted by Crippen LogP contribution is -2.30. The fourth-order valence-electron chi connectivity index (χ4n) is 3.01. The van der Waals surface area contributed by atoms with E-state index in [1.807, 2.05) is 31.2 Å². The Balaban J connectivity index is 1.64. The molecule has 1 amide bonds. The van der Waals surface area contributed by atoms with Gasteiger partial charge in [-0.2, -0.15) is 4.31 Å². The minimum atomic E-state index is -3.55. The molecule has 0 aliphatic carbocycles. The summed E-state index contributed by atoms with van der Waals surface area (Å²) in [7, 11) is -3.55. The molecule has 3 rings (SSSR count). The third-order valence-electron chi connectivity index (χ3n) is 4.78. The molecule has 1 heterocycles. The van der Waals surface area contributed by atoms with Crippen LogP contribution in [0.1, 0.15) is 35.5 Å². The molecule has 0 saturated heterocycles. The van der Waals surface area contributed by atoms with E-state index in [0.29, 0.717) is 30.1 Å². The van der Waals surface area contributed by atoms with Gasteiger partial charge in [-0.3, -0.25) is 4.79 Å². The van der Waals surface area contributed by atoms with Crippen LogP contribution in [0.2, 0.25) is 0 Å². The first kappa shape index (κ1) is 21.7. The molecule has 1 N–H and O–H groups in total. The largest absolute Gasteiger partial charge is 0.356 e. The normalized spacial score (nSPS) is 11.6. The average Bonchev–Trinajstić information content (AvgIpc) is 3.22. The molecule has 0 spiro atoms. The predicted molar refractivity (Wildman–Crippen MR) is 114 cm³/mol. The van der Waals surface area contributed by atoms with Crippen molar-refractivity contribution in [3.8, 4) is 11.3 Å². The molecule has 158 valence electrons. The first-order valence-corrected chi connectivity index (χ1v) is 11.2. The monoisotopic (exact) mass is 427 g/mol. The van der Waals surface area contributed by atoms with Crippen LogP contribution < -0.4 is 5.32 Å². The minimum Gasteiger partial charge on any atom is -0.356 e. The molecular weight excluding hydrogens is 402 g/mol. The minimum absolute atomic E-state index is 0.169. The second-order valence-corrected chi connectivity index (χ2v) is 8.78. The Morgan fingerprint density at radius 3 is 2.27 bits per heavy atom. The van der Waals surface area contributed by atoms with Crippen LogP contribution in [0.3, 0.4) is 0 Å². The van der Waals surface area contributed by atoms with Crippen molar-refractivity contribution in [2.45, 2.75) is 32.2 Å². The number of benzene rings is 2. The van der Waals surface area contributed by atoms with Crippen molar-refractivity contribution in [1.82, 2.24) is 14.8 Å². The van der Waals surface area contributed by atoms with Gasteiger partial charge >= 0.3 is 0 Å². The number of amides is 1. The van der Waals surface area contributed by atoms with Crippen LogP contribution in [0, 0.1) is 6.92 Å². The Morgan fingerprint density at radius 2 is 1.67 bits per heavy atom. The highest BCUT2D eigenvalue weighted by Gasteiger charge is 2.21. The summed E-state index contributed by atoms with van der Waals surface area (Å²) in [6, 6.07) is 15.6. The van der Waals surface area contributed by atoms with Crippen molar-refractivity contribution in [3.63, 3.8) is 0 Å². The third-order valence-corrected chi connectivity index (χ3v) is 6.85. The van der Waals surface area contributed by atoms with Crippen LogP contribution in [0.5, 0.6) is 0 Å². The number of nitrogens with one attached hydrogen (secondary N) is 1. The highest BCUT2D eigenvalue weighted by molar-refractivity contribution is 7.89. The highest BCUT2D eigenvalue weighted by Crippen LogP contribution is 2.21. The maximum absolute atomic E-state index is 12.5. The van der Waals surface area contributed by atoms with E-state index >= 15 is 0 Å². The van der Waals surface area contributed by atoms with E-state index in [9.17, 15) is 13.2 Å². The summed E-state index contributed by atoms with van der Waals surface area (Å²) >= 11 is 0. The molecule has 0 unspecified atom stereocenters. The van der Waals surface area contributed by atoms with Crippen LogP contribution >= 0.6 is 0 Å².